The van der Waals surface area contributed by atoms with Crippen LogP contribution in [0.3, 0.4) is 0 Å². The van der Waals surface area contributed by atoms with E-state index in [-0.39, 0.29) is 19.7 Å². The minimum absolute atomic E-state index is 0.00127. The van der Waals surface area contributed by atoms with Crippen molar-refractivity contribution in [2.75, 3.05) is 19.7 Å². The molecule has 0 radical (unpaired) electrons. The molecule has 2 saturated heterocycles. The maximum Gasteiger partial charge on any atom is 0.471 e. The first-order valence-electron chi connectivity index (χ1n) is 5.01. The molecule has 2 fully saturated rings. The second-order valence-corrected chi connectivity index (χ2v) is 4.19. The molecule has 8 heteroatoms. The number of alkyl halides is 3. The van der Waals surface area contributed by atoms with Gasteiger partial charge >= 0.3 is 18.1 Å². The fourth-order valence-corrected chi connectivity index (χ4v) is 2.31. The van der Waals surface area contributed by atoms with E-state index in [9.17, 15) is 22.8 Å². The summed E-state index contributed by atoms with van der Waals surface area (Å²) < 4.78 is 41.7. The van der Waals surface area contributed by atoms with E-state index in [2.05, 4.69) is 0 Å². The van der Waals surface area contributed by atoms with Gasteiger partial charge in [0.1, 0.15) is 0 Å². The number of hydrogen-bond acceptors (Lipinski definition) is 3. The predicted molar refractivity (Wildman–Crippen MR) is 47.0 cm³/mol. The number of rotatable bonds is 1. The van der Waals surface area contributed by atoms with Crippen molar-refractivity contribution in [3.8, 4) is 0 Å². The molecule has 0 aromatic heterocycles. The van der Waals surface area contributed by atoms with Crippen LogP contribution in [0.25, 0.3) is 0 Å². The molecule has 96 valence electrons. The minimum atomic E-state index is -4.92. The van der Waals surface area contributed by atoms with Crippen LogP contribution in [0.2, 0.25) is 0 Å². The third-order valence-corrected chi connectivity index (χ3v) is 3.16. The molecule has 5 nitrogen and oxygen atoms in total. The van der Waals surface area contributed by atoms with Crippen molar-refractivity contribution >= 4 is 11.9 Å². The van der Waals surface area contributed by atoms with Gasteiger partial charge in [0.2, 0.25) is 0 Å². The van der Waals surface area contributed by atoms with Crippen LogP contribution >= 0.6 is 0 Å². The molecule has 0 aromatic rings. The molecule has 0 saturated carbocycles. The van der Waals surface area contributed by atoms with E-state index in [1.54, 1.807) is 0 Å². The van der Waals surface area contributed by atoms with Crippen molar-refractivity contribution in [3.63, 3.8) is 0 Å². The van der Waals surface area contributed by atoms with Crippen LogP contribution in [0.1, 0.15) is 0 Å². The zero-order chi connectivity index (χ0) is 12.8. The lowest BCUT2D eigenvalue weighted by molar-refractivity contribution is -0.185. The lowest BCUT2D eigenvalue weighted by Crippen LogP contribution is -2.41. The van der Waals surface area contributed by atoms with Crippen molar-refractivity contribution in [2.45, 2.75) is 12.3 Å². The van der Waals surface area contributed by atoms with Crippen molar-refractivity contribution in [2.24, 2.45) is 11.8 Å². The predicted octanol–water partition coefficient (Wildman–Crippen LogP) is 0.107. The first-order chi connectivity index (χ1) is 7.80. The van der Waals surface area contributed by atoms with Crippen LogP contribution in [-0.4, -0.2) is 53.9 Å². The monoisotopic (exact) mass is 253 g/mol. The van der Waals surface area contributed by atoms with Crippen LogP contribution < -0.4 is 0 Å². The summed E-state index contributed by atoms with van der Waals surface area (Å²) in [6.45, 7) is -0.397. The van der Waals surface area contributed by atoms with Crippen molar-refractivity contribution in [1.29, 1.82) is 0 Å². The second-order valence-electron chi connectivity index (χ2n) is 4.19. The number of ether oxygens (including phenoxy) is 1. The largest absolute Gasteiger partial charge is 0.481 e. The van der Waals surface area contributed by atoms with E-state index in [4.69, 9.17) is 9.84 Å². The Hall–Kier alpha value is -1.31. The molecule has 0 bridgehead atoms. The smallest absolute Gasteiger partial charge is 0.471 e. The average molecular weight is 253 g/mol. The Kier molecular flexibility index (Phi) is 2.76. The van der Waals surface area contributed by atoms with Crippen LogP contribution in [0.15, 0.2) is 0 Å². The van der Waals surface area contributed by atoms with E-state index >= 15 is 0 Å². The van der Waals surface area contributed by atoms with Crippen LogP contribution in [0, 0.1) is 11.8 Å². The lowest BCUT2D eigenvalue weighted by Gasteiger charge is -2.19. The number of amides is 1. The standard InChI is InChI=1S/C9H10F3NO4/c10-9(11,12)8(16)13-1-4-5(7(14)15)3-17-6(4)2-13/h4-6H,1-3H2,(H,14,15)/t4-,5-,6-/m1/s1. The Morgan fingerprint density at radius 3 is 2.47 bits per heavy atom. The van der Waals surface area contributed by atoms with Crippen molar-refractivity contribution < 1.29 is 32.6 Å². The minimum Gasteiger partial charge on any atom is -0.481 e. The van der Waals surface area contributed by atoms with Crippen LogP contribution in [0.4, 0.5) is 13.2 Å². The third-order valence-electron chi connectivity index (χ3n) is 3.16. The summed E-state index contributed by atoms with van der Waals surface area (Å²) in [7, 11) is 0. The topological polar surface area (TPSA) is 66.8 Å². The summed E-state index contributed by atoms with van der Waals surface area (Å²) in [5.41, 5.74) is 0. The molecule has 0 unspecified atom stereocenters. The van der Waals surface area contributed by atoms with Crippen molar-refractivity contribution in [1.82, 2.24) is 4.90 Å². The number of carbonyl (C=O) groups excluding carboxylic acids is 1. The quantitative estimate of drug-likeness (QED) is 0.720. The van der Waals surface area contributed by atoms with E-state index in [1.807, 2.05) is 0 Å². The van der Waals surface area contributed by atoms with E-state index in [0.717, 1.165) is 0 Å². The second kappa shape index (κ2) is 3.86. The van der Waals surface area contributed by atoms with Gasteiger partial charge in [0, 0.05) is 19.0 Å². The molecule has 2 heterocycles. The number of carboxylic acid groups (broad SMARTS) is 1. The molecule has 1 amide bonds. The summed E-state index contributed by atoms with van der Waals surface area (Å²) in [6.07, 6.45) is -5.51. The average Bonchev–Trinajstić information content (AvgIpc) is 2.71. The molecule has 2 rings (SSSR count). The lowest BCUT2D eigenvalue weighted by atomic mass is 9.93. The van der Waals surface area contributed by atoms with Gasteiger partial charge < -0.3 is 14.7 Å². The Morgan fingerprint density at radius 2 is 1.94 bits per heavy atom. The third kappa shape index (κ3) is 2.08. The Morgan fingerprint density at radius 1 is 1.29 bits per heavy atom. The molecule has 17 heavy (non-hydrogen) atoms. The highest BCUT2D eigenvalue weighted by Crippen LogP contribution is 2.35. The number of likely N-dealkylation sites (tertiary alicyclic amines) is 1. The van der Waals surface area contributed by atoms with E-state index in [1.165, 1.54) is 0 Å². The summed E-state index contributed by atoms with van der Waals surface area (Å²) in [6, 6.07) is 0. The maximum absolute atomic E-state index is 12.2. The number of carboxylic acids is 1. The highest BCUT2D eigenvalue weighted by Gasteiger charge is 2.52. The molecule has 0 spiro atoms. The number of fused-ring (bicyclic) bond motifs is 1. The van der Waals surface area contributed by atoms with Gasteiger partial charge in [0.25, 0.3) is 0 Å². The molecule has 2 aliphatic heterocycles. The molecular formula is C9H10F3NO4. The normalized spacial score (nSPS) is 32.6. The summed E-state index contributed by atoms with van der Waals surface area (Å²) >= 11 is 0. The first kappa shape index (κ1) is 12.2. The SMILES string of the molecule is O=C(O)[C@@H]1CO[C@@H]2CN(C(=O)C(F)(F)F)C[C@@H]21. The van der Waals surface area contributed by atoms with E-state index < -0.39 is 36.0 Å². The molecule has 3 atom stereocenters. The highest BCUT2D eigenvalue weighted by atomic mass is 19.4. The highest BCUT2D eigenvalue weighted by molar-refractivity contribution is 5.82. The Bertz CT molecular complexity index is 357. The van der Waals surface area contributed by atoms with Gasteiger partial charge in [-0.1, -0.05) is 0 Å². The number of nitrogens with zero attached hydrogens (tertiary/aromatic N) is 1. The van der Waals surface area contributed by atoms with Gasteiger partial charge in [-0.2, -0.15) is 13.2 Å². The summed E-state index contributed by atoms with van der Waals surface area (Å²) in [4.78, 5) is 22.4. The number of aliphatic carboxylic acids is 1. The fourth-order valence-electron chi connectivity index (χ4n) is 2.31. The van der Waals surface area contributed by atoms with Gasteiger partial charge in [-0.05, 0) is 0 Å². The number of carbonyl (C=O) groups is 2. The Labute approximate surface area is 94.1 Å². The van der Waals surface area contributed by atoms with Crippen LogP contribution in [-0.2, 0) is 14.3 Å². The number of hydrogen-bond donors (Lipinski definition) is 1. The summed E-state index contributed by atoms with van der Waals surface area (Å²) in [5.74, 6) is -4.40. The van der Waals surface area contributed by atoms with Gasteiger partial charge in [0.05, 0.1) is 18.6 Å². The van der Waals surface area contributed by atoms with Crippen LogP contribution in [0.5, 0.6) is 0 Å². The van der Waals surface area contributed by atoms with Crippen molar-refractivity contribution in [3.05, 3.63) is 0 Å². The van der Waals surface area contributed by atoms with Gasteiger partial charge in [0.15, 0.2) is 0 Å². The van der Waals surface area contributed by atoms with Gasteiger partial charge in [-0.3, -0.25) is 9.59 Å². The van der Waals surface area contributed by atoms with Gasteiger partial charge in [-0.25, -0.2) is 0 Å². The molecule has 0 aliphatic carbocycles. The molecular weight excluding hydrogens is 243 g/mol. The molecule has 0 aromatic carbocycles. The van der Waals surface area contributed by atoms with Gasteiger partial charge in [-0.15, -0.1) is 0 Å². The summed E-state index contributed by atoms with van der Waals surface area (Å²) in [5, 5.41) is 8.84. The zero-order valence-corrected chi connectivity index (χ0v) is 8.61. The first-order valence-corrected chi connectivity index (χ1v) is 5.01. The zero-order valence-electron chi connectivity index (χ0n) is 8.61. The Balaban J connectivity index is 2.06. The van der Waals surface area contributed by atoms with E-state index in [0.29, 0.717) is 4.90 Å². The fraction of sp³-hybridized carbons (Fsp3) is 0.778. The molecule has 2 aliphatic rings. The number of halogens is 3. The maximum atomic E-state index is 12.2. The molecule has 1 N–H and O–H groups in total.